The lowest BCUT2D eigenvalue weighted by molar-refractivity contribution is -0.117. The molecule has 1 amide bonds. The smallest absolute Gasteiger partial charge is 0.227 e. The highest BCUT2D eigenvalue weighted by Gasteiger charge is 2.36. The number of benzene rings is 2. The SMILES string of the molecule is COCCn1c([C@H]2CC(=O)N(c3c(C)cc(C)cc3C)C2)nc2ccccc21. The van der Waals surface area contributed by atoms with Crippen molar-refractivity contribution in [3.05, 3.63) is 58.9 Å². The number of imidazole rings is 1. The monoisotopic (exact) mass is 377 g/mol. The van der Waals surface area contributed by atoms with Gasteiger partial charge in [-0.05, 0) is 44.0 Å². The third-order valence-corrected chi connectivity index (χ3v) is 5.60. The van der Waals surface area contributed by atoms with Crippen LogP contribution in [0.2, 0.25) is 0 Å². The number of rotatable bonds is 5. The van der Waals surface area contributed by atoms with Gasteiger partial charge < -0.3 is 14.2 Å². The normalized spacial score (nSPS) is 17.1. The molecule has 2 aromatic carbocycles. The van der Waals surface area contributed by atoms with Crippen LogP contribution in [0, 0.1) is 20.8 Å². The zero-order valence-electron chi connectivity index (χ0n) is 17.0. The van der Waals surface area contributed by atoms with Gasteiger partial charge in [-0.3, -0.25) is 4.79 Å². The Morgan fingerprint density at radius 1 is 1.14 bits per heavy atom. The van der Waals surface area contributed by atoms with E-state index in [0.717, 1.165) is 40.2 Å². The first-order valence-electron chi connectivity index (χ1n) is 9.82. The summed E-state index contributed by atoms with van der Waals surface area (Å²) in [6.07, 6.45) is 0.489. The average Bonchev–Trinajstić information content (AvgIpc) is 3.20. The Labute approximate surface area is 165 Å². The lowest BCUT2D eigenvalue weighted by Gasteiger charge is -2.22. The number of anilines is 1. The van der Waals surface area contributed by atoms with Gasteiger partial charge in [-0.2, -0.15) is 0 Å². The van der Waals surface area contributed by atoms with E-state index in [1.165, 1.54) is 5.56 Å². The van der Waals surface area contributed by atoms with Gasteiger partial charge in [-0.1, -0.05) is 29.8 Å². The maximum absolute atomic E-state index is 13.0. The second kappa shape index (κ2) is 7.40. The summed E-state index contributed by atoms with van der Waals surface area (Å²) < 4.78 is 7.53. The van der Waals surface area contributed by atoms with E-state index in [-0.39, 0.29) is 11.8 Å². The van der Waals surface area contributed by atoms with Gasteiger partial charge >= 0.3 is 0 Å². The van der Waals surface area contributed by atoms with Crippen molar-refractivity contribution in [2.75, 3.05) is 25.2 Å². The molecule has 146 valence electrons. The van der Waals surface area contributed by atoms with E-state index in [0.29, 0.717) is 19.6 Å². The fourth-order valence-corrected chi connectivity index (χ4v) is 4.52. The van der Waals surface area contributed by atoms with Crippen molar-refractivity contribution in [3.8, 4) is 0 Å². The van der Waals surface area contributed by atoms with Gasteiger partial charge in [0.05, 0.1) is 17.6 Å². The molecule has 0 aliphatic carbocycles. The summed E-state index contributed by atoms with van der Waals surface area (Å²) in [6.45, 7) is 8.29. The second-order valence-electron chi connectivity index (χ2n) is 7.76. The molecule has 1 atom stereocenters. The molecule has 0 N–H and O–H groups in total. The fraction of sp³-hybridized carbons (Fsp3) is 0.391. The van der Waals surface area contributed by atoms with Gasteiger partial charge in [-0.25, -0.2) is 4.98 Å². The summed E-state index contributed by atoms with van der Waals surface area (Å²) in [6, 6.07) is 12.5. The summed E-state index contributed by atoms with van der Waals surface area (Å²) >= 11 is 0. The molecular formula is C23H27N3O2. The Bertz CT molecular complexity index is 1010. The Morgan fingerprint density at radius 3 is 2.57 bits per heavy atom. The minimum absolute atomic E-state index is 0.0804. The molecule has 1 aliphatic heterocycles. The maximum atomic E-state index is 13.0. The van der Waals surface area contributed by atoms with E-state index in [9.17, 15) is 4.79 Å². The molecule has 1 aromatic heterocycles. The number of para-hydroxylation sites is 2. The third kappa shape index (κ3) is 3.20. The fourth-order valence-electron chi connectivity index (χ4n) is 4.52. The summed E-state index contributed by atoms with van der Waals surface area (Å²) in [4.78, 5) is 19.8. The van der Waals surface area contributed by atoms with Gasteiger partial charge in [0.15, 0.2) is 0 Å². The first-order chi connectivity index (χ1) is 13.5. The Morgan fingerprint density at radius 2 is 1.86 bits per heavy atom. The zero-order chi connectivity index (χ0) is 19.8. The van der Waals surface area contributed by atoms with Gasteiger partial charge in [0.2, 0.25) is 5.91 Å². The predicted molar refractivity (Wildman–Crippen MR) is 112 cm³/mol. The molecule has 5 heteroatoms. The van der Waals surface area contributed by atoms with Crippen LogP contribution in [0.15, 0.2) is 36.4 Å². The highest BCUT2D eigenvalue weighted by atomic mass is 16.5. The zero-order valence-corrected chi connectivity index (χ0v) is 17.0. The van der Waals surface area contributed by atoms with E-state index in [2.05, 4.69) is 43.5 Å². The van der Waals surface area contributed by atoms with Crippen LogP contribution < -0.4 is 4.90 Å². The van der Waals surface area contributed by atoms with Crippen LogP contribution in [-0.4, -0.2) is 35.7 Å². The number of carbonyl (C=O) groups excluding carboxylic acids is 1. The van der Waals surface area contributed by atoms with Crippen molar-refractivity contribution in [2.24, 2.45) is 0 Å². The number of ether oxygens (including phenoxy) is 1. The predicted octanol–water partition coefficient (Wildman–Crippen LogP) is 4.13. The molecular weight excluding hydrogens is 350 g/mol. The van der Waals surface area contributed by atoms with Crippen molar-refractivity contribution in [1.82, 2.24) is 9.55 Å². The Hall–Kier alpha value is -2.66. The minimum atomic E-state index is 0.0804. The number of aryl methyl sites for hydroxylation is 3. The highest BCUT2D eigenvalue weighted by Crippen LogP contribution is 2.36. The van der Waals surface area contributed by atoms with Gasteiger partial charge in [-0.15, -0.1) is 0 Å². The van der Waals surface area contributed by atoms with Gasteiger partial charge in [0.25, 0.3) is 0 Å². The Kier molecular flexibility index (Phi) is 4.94. The van der Waals surface area contributed by atoms with E-state index in [4.69, 9.17) is 9.72 Å². The minimum Gasteiger partial charge on any atom is -0.383 e. The molecule has 1 aliphatic rings. The van der Waals surface area contributed by atoms with E-state index < -0.39 is 0 Å². The number of methoxy groups -OCH3 is 1. The summed E-state index contributed by atoms with van der Waals surface area (Å²) in [5.41, 5.74) is 6.66. The molecule has 1 saturated heterocycles. The van der Waals surface area contributed by atoms with Crippen molar-refractivity contribution in [1.29, 1.82) is 0 Å². The molecule has 3 aromatic rings. The molecule has 2 heterocycles. The van der Waals surface area contributed by atoms with Gasteiger partial charge in [0.1, 0.15) is 5.82 Å². The molecule has 0 spiro atoms. The van der Waals surface area contributed by atoms with Crippen molar-refractivity contribution < 1.29 is 9.53 Å². The summed E-state index contributed by atoms with van der Waals surface area (Å²) in [5.74, 6) is 1.23. The number of carbonyl (C=O) groups is 1. The average molecular weight is 377 g/mol. The van der Waals surface area contributed by atoms with Crippen LogP contribution in [0.4, 0.5) is 5.69 Å². The number of hydrogen-bond donors (Lipinski definition) is 0. The molecule has 0 unspecified atom stereocenters. The van der Waals surface area contributed by atoms with Crippen molar-refractivity contribution >= 4 is 22.6 Å². The van der Waals surface area contributed by atoms with E-state index in [1.807, 2.05) is 23.1 Å². The molecule has 0 bridgehead atoms. The first-order valence-corrected chi connectivity index (χ1v) is 9.82. The standard InChI is InChI=1S/C23H27N3O2/c1-15-11-16(2)22(17(3)12-15)26-14-18(13-21(26)27)23-24-19-7-5-6-8-20(19)25(23)9-10-28-4/h5-8,11-12,18H,9-10,13-14H2,1-4H3/t18-/m0/s1. The van der Waals surface area contributed by atoms with E-state index >= 15 is 0 Å². The first kappa shape index (κ1) is 18.7. The summed E-state index contributed by atoms with van der Waals surface area (Å²) in [5, 5.41) is 0. The molecule has 4 rings (SSSR count). The summed E-state index contributed by atoms with van der Waals surface area (Å²) in [7, 11) is 1.71. The topological polar surface area (TPSA) is 47.4 Å². The highest BCUT2D eigenvalue weighted by molar-refractivity contribution is 5.98. The van der Waals surface area contributed by atoms with Crippen molar-refractivity contribution in [3.63, 3.8) is 0 Å². The van der Waals surface area contributed by atoms with Crippen molar-refractivity contribution in [2.45, 2.75) is 39.7 Å². The number of amides is 1. The quantitative estimate of drug-likeness (QED) is 0.672. The van der Waals surface area contributed by atoms with Crippen LogP contribution in [0.5, 0.6) is 0 Å². The van der Waals surface area contributed by atoms with Crippen LogP contribution >= 0.6 is 0 Å². The van der Waals surface area contributed by atoms with Gasteiger partial charge in [0, 0.05) is 38.2 Å². The molecule has 5 nitrogen and oxygen atoms in total. The number of nitrogens with zero attached hydrogens (tertiary/aromatic N) is 3. The maximum Gasteiger partial charge on any atom is 0.227 e. The number of aromatic nitrogens is 2. The number of hydrogen-bond acceptors (Lipinski definition) is 3. The van der Waals surface area contributed by atoms with E-state index in [1.54, 1.807) is 7.11 Å². The third-order valence-electron chi connectivity index (χ3n) is 5.60. The largest absolute Gasteiger partial charge is 0.383 e. The van der Waals surface area contributed by atoms with Crippen LogP contribution in [0.25, 0.3) is 11.0 Å². The lowest BCUT2D eigenvalue weighted by Crippen LogP contribution is -2.26. The van der Waals surface area contributed by atoms with Crippen LogP contribution in [0.1, 0.15) is 34.9 Å². The molecule has 0 saturated carbocycles. The lowest BCUT2D eigenvalue weighted by atomic mass is 10.0. The number of fused-ring (bicyclic) bond motifs is 1. The van der Waals surface area contributed by atoms with Crippen LogP contribution in [0.3, 0.4) is 0 Å². The van der Waals surface area contributed by atoms with Crippen LogP contribution in [-0.2, 0) is 16.1 Å². The second-order valence-corrected chi connectivity index (χ2v) is 7.76. The molecule has 28 heavy (non-hydrogen) atoms. The molecule has 0 radical (unpaired) electrons. The molecule has 1 fully saturated rings. The Balaban J connectivity index is 1.72.